The maximum Gasteiger partial charge on any atom is 0.244 e. The van der Waals surface area contributed by atoms with Gasteiger partial charge in [-0.25, -0.2) is 17.7 Å². The van der Waals surface area contributed by atoms with Crippen LogP contribution in [0.2, 0.25) is 0 Å². The number of pyridine rings is 1. The highest BCUT2D eigenvalue weighted by Gasteiger charge is 2.25. The lowest BCUT2D eigenvalue weighted by atomic mass is 10.1. The molecule has 6 heteroatoms. The fourth-order valence-electron chi connectivity index (χ4n) is 2.38. The van der Waals surface area contributed by atoms with Crippen LogP contribution in [0.3, 0.4) is 0 Å². The molecule has 0 amide bonds. The summed E-state index contributed by atoms with van der Waals surface area (Å²) in [4.78, 5) is 4.04. The van der Waals surface area contributed by atoms with Gasteiger partial charge < -0.3 is 5.73 Å². The Morgan fingerprint density at radius 2 is 2.06 bits per heavy atom. The second-order valence-electron chi connectivity index (χ2n) is 4.85. The summed E-state index contributed by atoms with van der Waals surface area (Å²) in [7, 11) is -1.80. The van der Waals surface area contributed by atoms with E-state index in [4.69, 9.17) is 5.73 Å². The molecule has 1 fully saturated rings. The zero-order chi connectivity index (χ0) is 13.2. The van der Waals surface area contributed by atoms with Crippen LogP contribution in [0.1, 0.15) is 25.7 Å². The number of hydrogen-bond donors (Lipinski definition) is 1. The molecule has 1 saturated carbocycles. The number of aromatic nitrogens is 1. The van der Waals surface area contributed by atoms with E-state index in [9.17, 15) is 8.42 Å². The summed E-state index contributed by atoms with van der Waals surface area (Å²) in [6.45, 7) is 0.590. The third-order valence-corrected chi connectivity index (χ3v) is 5.26. The van der Waals surface area contributed by atoms with Gasteiger partial charge in [-0.05, 0) is 30.9 Å². The van der Waals surface area contributed by atoms with E-state index in [2.05, 4.69) is 4.98 Å². The van der Waals surface area contributed by atoms with Crippen molar-refractivity contribution < 1.29 is 8.42 Å². The molecule has 18 heavy (non-hydrogen) atoms. The zero-order valence-electron chi connectivity index (χ0n) is 10.5. The Morgan fingerprint density at radius 3 is 2.61 bits per heavy atom. The first-order chi connectivity index (χ1) is 8.50. The van der Waals surface area contributed by atoms with E-state index in [0.29, 0.717) is 18.3 Å². The molecule has 0 atom stereocenters. The lowest BCUT2D eigenvalue weighted by Crippen LogP contribution is -2.31. The van der Waals surface area contributed by atoms with E-state index in [1.165, 1.54) is 35.5 Å². The minimum absolute atomic E-state index is 0.206. The van der Waals surface area contributed by atoms with Crippen LogP contribution >= 0.6 is 0 Å². The van der Waals surface area contributed by atoms with Gasteiger partial charge in [0, 0.05) is 19.8 Å². The lowest BCUT2D eigenvalue weighted by molar-refractivity contribution is 0.387. The number of nitrogen functional groups attached to an aromatic ring is 1. The van der Waals surface area contributed by atoms with Gasteiger partial charge in [0.2, 0.25) is 10.0 Å². The monoisotopic (exact) mass is 269 g/mol. The first-order valence-electron chi connectivity index (χ1n) is 6.18. The van der Waals surface area contributed by atoms with Crippen LogP contribution in [0.15, 0.2) is 23.2 Å². The minimum Gasteiger partial charge on any atom is -0.384 e. The Hall–Kier alpha value is -1.14. The van der Waals surface area contributed by atoms with E-state index in [1.54, 1.807) is 7.05 Å². The Balaban J connectivity index is 2.11. The highest BCUT2D eigenvalue weighted by molar-refractivity contribution is 7.89. The summed E-state index contributed by atoms with van der Waals surface area (Å²) >= 11 is 0. The molecule has 0 aliphatic heterocycles. The molecule has 0 saturated heterocycles. The third-order valence-electron chi connectivity index (χ3n) is 3.46. The number of sulfonamides is 1. The van der Waals surface area contributed by atoms with Gasteiger partial charge in [0.1, 0.15) is 10.7 Å². The predicted molar refractivity (Wildman–Crippen MR) is 70.4 cm³/mol. The molecule has 0 unspecified atom stereocenters. The van der Waals surface area contributed by atoms with Crippen LogP contribution in [0, 0.1) is 5.92 Å². The maximum absolute atomic E-state index is 12.3. The molecule has 0 spiro atoms. The summed E-state index contributed by atoms with van der Waals surface area (Å²) in [5, 5.41) is 0. The largest absolute Gasteiger partial charge is 0.384 e. The summed E-state index contributed by atoms with van der Waals surface area (Å²) in [6.07, 6.45) is 5.99. The maximum atomic E-state index is 12.3. The van der Waals surface area contributed by atoms with Crippen LogP contribution in [0.4, 0.5) is 5.82 Å². The van der Waals surface area contributed by atoms with Gasteiger partial charge >= 0.3 is 0 Å². The average molecular weight is 269 g/mol. The average Bonchev–Trinajstić information content (AvgIpc) is 2.82. The SMILES string of the molecule is CN(CC1CCCC1)S(=O)(=O)c1ccc(N)nc1. The molecule has 2 rings (SSSR count). The topological polar surface area (TPSA) is 76.3 Å². The summed E-state index contributed by atoms with van der Waals surface area (Å²) in [5.74, 6) is 0.818. The molecule has 100 valence electrons. The van der Waals surface area contributed by atoms with Crippen LogP contribution in [-0.2, 0) is 10.0 Å². The Morgan fingerprint density at radius 1 is 1.39 bits per heavy atom. The predicted octanol–water partition coefficient (Wildman–Crippen LogP) is 1.47. The molecule has 1 aliphatic rings. The normalized spacial score (nSPS) is 17.4. The molecule has 5 nitrogen and oxygen atoms in total. The summed E-state index contributed by atoms with van der Waals surface area (Å²) in [5.41, 5.74) is 5.46. The van der Waals surface area contributed by atoms with Crippen molar-refractivity contribution in [2.75, 3.05) is 19.3 Å². The number of hydrogen-bond acceptors (Lipinski definition) is 4. The third kappa shape index (κ3) is 2.81. The number of rotatable bonds is 4. The fourth-order valence-corrected chi connectivity index (χ4v) is 3.57. The van der Waals surface area contributed by atoms with Gasteiger partial charge in [0.15, 0.2) is 0 Å². The van der Waals surface area contributed by atoms with Gasteiger partial charge in [-0.2, -0.15) is 0 Å². The molecule has 1 aromatic rings. The minimum atomic E-state index is -3.43. The van der Waals surface area contributed by atoms with Crippen molar-refractivity contribution in [3.8, 4) is 0 Å². The van der Waals surface area contributed by atoms with Gasteiger partial charge in [0.25, 0.3) is 0 Å². The van der Waals surface area contributed by atoms with Gasteiger partial charge in [0.05, 0.1) is 0 Å². The Bertz CT molecular complexity index is 493. The summed E-state index contributed by atoms with van der Waals surface area (Å²) in [6, 6.07) is 3.01. The van der Waals surface area contributed by atoms with Crippen LogP contribution in [0.25, 0.3) is 0 Å². The molecule has 1 aromatic heterocycles. The quantitative estimate of drug-likeness (QED) is 0.898. The lowest BCUT2D eigenvalue weighted by Gasteiger charge is -2.20. The van der Waals surface area contributed by atoms with Crippen molar-refractivity contribution in [1.29, 1.82) is 0 Å². The Labute approximate surface area is 108 Å². The highest BCUT2D eigenvalue weighted by Crippen LogP contribution is 2.26. The molecule has 0 radical (unpaired) electrons. The first-order valence-corrected chi connectivity index (χ1v) is 7.62. The van der Waals surface area contributed by atoms with Crippen molar-refractivity contribution in [2.24, 2.45) is 5.92 Å². The van der Waals surface area contributed by atoms with Crippen LogP contribution in [-0.4, -0.2) is 31.3 Å². The zero-order valence-corrected chi connectivity index (χ0v) is 11.4. The van der Waals surface area contributed by atoms with Crippen molar-refractivity contribution >= 4 is 15.8 Å². The van der Waals surface area contributed by atoms with Crippen molar-refractivity contribution in [3.63, 3.8) is 0 Å². The number of nitrogens with two attached hydrogens (primary N) is 1. The molecule has 0 aromatic carbocycles. The van der Waals surface area contributed by atoms with Gasteiger partial charge in [-0.15, -0.1) is 0 Å². The standard InChI is InChI=1S/C12H19N3O2S/c1-15(9-10-4-2-3-5-10)18(16,17)11-6-7-12(13)14-8-11/h6-8,10H,2-5,9H2,1H3,(H2,13,14). The van der Waals surface area contributed by atoms with Gasteiger partial charge in [-0.3, -0.25) is 0 Å². The molecule has 1 heterocycles. The Kier molecular flexibility index (Phi) is 3.87. The summed E-state index contributed by atoms with van der Waals surface area (Å²) < 4.78 is 26.0. The van der Waals surface area contributed by atoms with E-state index in [1.807, 2.05) is 0 Å². The van der Waals surface area contributed by atoms with Gasteiger partial charge in [-0.1, -0.05) is 12.8 Å². The van der Waals surface area contributed by atoms with E-state index >= 15 is 0 Å². The van der Waals surface area contributed by atoms with E-state index in [0.717, 1.165) is 12.8 Å². The second kappa shape index (κ2) is 5.24. The first kappa shape index (κ1) is 13.3. The van der Waals surface area contributed by atoms with Crippen molar-refractivity contribution in [2.45, 2.75) is 30.6 Å². The molecular weight excluding hydrogens is 250 g/mol. The molecular formula is C12H19N3O2S. The smallest absolute Gasteiger partial charge is 0.244 e. The highest BCUT2D eigenvalue weighted by atomic mass is 32.2. The number of nitrogens with zero attached hydrogens (tertiary/aromatic N) is 2. The molecule has 2 N–H and O–H groups in total. The van der Waals surface area contributed by atoms with E-state index < -0.39 is 10.0 Å². The van der Waals surface area contributed by atoms with Crippen molar-refractivity contribution in [3.05, 3.63) is 18.3 Å². The number of anilines is 1. The van der Waals surface area contributed by atoms with Crippen molar-refractivity contribution in [1.82, 2.24) is 9.29 Å². The molecule has 1 aliphatic carbocycles. The fraction of sp³-hybridized carbons (Fsp3) is 0.583. The second-order valence-corrected chi connectivity index (χ2v) is 6.90. The van der Waals surface area contributed by atoms with Crippen LogP contribution in [0.5, 0.6) is 0 Å². The van der Waals surface area contributed by atoms with E-state index in [-0.39, 0.29) is 4.90 Å². The molecule has 0 bridgehead atoms. The van der Waals surface area contributed by atoms with Crippen LogP contribution < -0.4 is 5.73 Å².